The molecule has 0 aliphatic heterocycles. The van der Waals surface area contributed by atoms with Crippen LogP contribution in [0.3, 0.4) is 0 Å². The molecule has 2 rings (SSSR count). The van der Waals surface area contributed by atoms with E-state index >= 15 is 0 Å². The van der Waals surface area contributed by atoms with E-state index in [0.29, 0.717) is 0 Å². The molecule has 1 aromatic heterocycles. The average Bonchev–Trinajstić information content (AvgIpc) is 2.95. The Bertz CT molecular complexity index is 468. The van der Waals surface area contributed by atoms with Gasteiger partial charge in [-0.05, 0) is 30.2 Å². The summed E-state index contributed by atoms with van der Waals surface area (Å²) >= 11 is 0. The summed E-state index contributed by atoms with van der Waals surface area (Å²) in [5.74, 6) is 0.952. The van der Waals surface area contributed by atoms with E-state index < -0.39 is 0 Å². The van der Waals surface area contributed by atoms with Crippen LogP contribution in [0, 0.1) is 0 Å². The molecule has 0 saturated heterocycles. The highest BCUT2D eigenvalue weighted by atomic mass is 16.5. The van der Waals surface area contributed by atoms with Crippen molar-refractivity contribution < 1.29 is 4.74 Å². The first-order valence-corrected chi connectivity index (χ1v) is 6.78. The average molecular weight is 259 g/mol. The van der Waals surface area contributed by atoms with Crippen molar-refractivity contribution in [3.8, 4) is 5.75 Å². The number of benzene rings is 1. The van der Waals surface area contributed by atoms with Crippen LogP contribution in [-0.4, -0.2) is 22.9 Å². The second kappa shape index (κ2) is 7.59. The third kappa shape index (κ3) is 4.75. The lowest BCUT2D eigenvalue weighted by atomic mass is 10.2. The summed E-state index contributed by atoms with van der Waals surface area (Å²) in [6.45, 7) is 5.53. The van der Waals surface area contributed by atoms with Gasteiger partial charge in [0.05, 0.1) is 13.2 Å². The van der Waals surface area contributed by atoms with E-state index in [-0.39, 0.29) is 0 Å². The number of nitrogens with zero attached hydrogens (tertiary/aromatic N) is 2. The van der Waals surface area contributed by atoms with Gasteiger partial charge in [0.15, 0.2) is 0 Å². The second-order valence-corrected chi connectivity index (χ2v) is 4.44. The monoisotopic (exact) mass is 259 g/mol. The van der Waals surface area contributed by atoms with Gasteiger partial charge in [0.2, 0.25) is 0 Å². The van der Waals surface area contributed by atoms with Crippen molar-refractivity contribution in [3.05, 3.63) is 48.3 Å². The molecule has 19 heavy (non-hydrogen) atoms. The molecule has 0 aliphatic carbocycles. The van der Waals surface area contributed by atoms with Gasteiger partial charge >= 0.3 is 0 Å². The molecule has 0 spiro atoms. The fourth-order valence-corrected chi connectivity index (χ4v) is 1.82. The summed E-state index contributed by atoms with van der Waals surface area (Å²) in [6, 6.07) is 10.2. The van der Waals surface area contributed by atoms with E-state index in [0.717, 1.165) is 38.4 Å². The van der Waals surface area contributed by atoms with Crippen molar-refractivity contribution in [3.63, 3.8) is 0 Å². The van der Waals surface area contributed by atoms with Crippen LogP contribution in [0.25, 0.3) is 0 Å². The number of aromatic nitrogens is 2. The van der Waals surface area contributed by atoms with Gasteiger partial charge in [-0.3, -0.25) is 4.68 Å². The van der Waals surface area contributed by atoms with Crippen LogP contribution in [0.1, 0.15) is 18.9 Å². The Morgan fingerprint density at radius 2 is 2.26 bits per heavy atom. The first-order valence-electron chi connectivity index (χ1n) is 6.78. The lowest BCUT2D eigenvalue weighted by Crippen LogP contribution is -2.19. The molecule has 0 atom stereocenters. The number of hydrogen-bond acceptors (Lipinski definition) is 3. The second-order valence-electron chi connectivity index (χ2n) is 4.44. The van der Waals surface area contributed by atoms with Crippen LogP contribution in [0.5, 0.6) is 5.75 Å². The molecule has 0 bridgehead atoms. The minimum absolute atomic E-state index is 0.774. The van der Waals surface area contributed by atoms with Gasteiger partial charge in [0, 0.05) is 25.5 Å². The highest BCUT2D eigenvalue weighted by Crippen LogP contribution is 2.13. The Morgan fingerprint density at radius 1 is 1.32 bits per heavy atom. The minimum atomic E-state index is 0.774. The van der Waals surface area contributed by atoms with Crippen LogP contribution in [0.15, 0.2) is 42.7 Å². The van der Waals surface area contributed by atoms with Gasteiger partial charge in [-0.25, -0.2) is 0 Å². The number of nitrogens with one attached hydrogen (secondary N) is 1. The fourth-order valence-electron chi connectivity index (χ4n) is 1.82. The highest BCUT2D eigenvalue weighted by Gasteiger charge is 1.97. The lowest BCUT2D eigenvalue weighted by molar-refractivity contribution is 0.317. The van der Waals surface area contributed by atoms with Crippen LogP contribution in [0.4, 0.5) is 0 Å². The Labute approximate surface area is 114 Å². The van der Waals surface area contributed by atoms with Crippen LogP contribution in [0.2, 0.25) is 0 Å². The van der Waals surface area contributed by atoms with Gasteiger partial charge in [-0.1, -0.05) is 19.1 Å². The van der Waals surface area contributed by atoms with Gasteiger partial charge in [0.25, 0.3) is 0 Å². The standard InChI is InChI=1S/C15H21N3O/c1-2-11-19-15-6-3-5-14(12-15)13-16-8-10-18-9-4-7-17-18/h3-7,9,12,16H,2,8,10-11,13H2,1H3. The number of ether oxygens (including phenoxy) is 1. The SMILES string of the molecule is CCCOc1cccc(CNCCn2cccn2)c1. The van der Waals surface area contributed by atoms with Crippen molar-refractivity contribution in [2.45, 2.75) is 26.4 Å². The maximum Gasteiger partial charge on any atom is 0.119 e. The first kappa shape index (κ1) is 13.6. The summed E-state index contributed by atoms with van der Waals surface area (Å²) in [5.41, 5.74) is 1.24. The van der Waals surface area contributed by atoms with Gasteiger partial charge in [0.1, 0.15) is 5.75 Å². The zero-order chi connectivity index (χ0) is 13.3. The minimum Gasteiger partial charge on any atom is -0.494 e. The van der Waals surface area contributed by atoms with Gasteiger partial charge < -0.3 is 10.1 Å². The Balaban J connectivity index is 1.73. The molecule has 0 fully saturated rings. The predicted molar refractivity (Wildman–Crippen MR) is 76.2 cm³/mol. The maximum atomic E-state index is 5.62. The van der Waals surface area contributed by atoms with E-state index in [1.165, 1.54) is 5.56 Å². The van der Waals surface area contributed by atoms with Crippen LogP contribution < -0.4 is 10.1 Å². The number of rotatable bonds is 8. The summed E-state index contributed by atoms with van der Waals surface area (Å²) < 4.78 is 7.54. The van der Waals surface area contributed by atoms with Crippen molar-refractivity contribution in [2.24, 2.45) is 0 Å². The molecule has 0 aliphatic rings. The van der Waals surface area contributed by atoms with E-state index in [9.17, 15) is 0 Å². The quantitative estimate of drug-likeness (QED) is 0.740. The summed E-state index contributed by atoms with van der Waals surface area (Å²) in [7, 11) is 0. The third-order valence-corrected chi connectivity index (χ3v) is 2.78. The molecule has 1 N–H and O–H groups in total. The zero-order valence-electron chi connectivity index (χ0n) is 11.4. The summed E-state index contributed by atoms with van der Waals surface area (Å²) in [5, 5.41) is 7.57. The molecular weight excluding hydrogens is 238 g/mol. The first-order chi connectivity index (χ1) is 9.38. The highest BCUT2D eigenvalue weighted by molar-refractivity contribution is 5.28. The largest absolute Gasteiger partial charge is 0.494 e. The molecule has 102 valence electrons. The molecule has 1 aromatic carbocycles. The van der Waals surface area contributed by atoms with Crippen molar-refractivity contribution >= 4 is 0 Å². The fraction of sp³-hybridized carbons (Fsp3) is 0.400. The Hall–Kier alpha value is -1.81. The smallest absolute Gasteiger partial charge is 0.119 e. The van der Waals surface area contributed by atoms with E-state index in [2.05, 4.69) is 29.5 Å². The molecule has 0 radical (unpaired) electrons. The third-order valence-electron chi connectivity index (χ3n) is 2.78. The van der Waals surface area contributed by atoms with E-state index in [1.807, 2.05) is 29.1 Å². The van der Waals surface area contributed by atoms with Crippen LogP contribution in [-0.2, 0) is 13.1 Å². The molecule has 0 unspecified atom stereocenters. The summed E-state index contributed by atoms with van der Waals surface area (Å²) in [6.07, 6.45) is 4.81. The molecule has 4 nitrogen and oxygen atoms in total. The molecule has 4 heteroatoms. The lowest BCUT2D eigenvalue weighted by Gasteiger charge is -2.08. The predicted octanol–water partition coefficient (Wildman–Crippen LogP) is 2.46. The Morgan fingerprint density at radius 3 is 3.05 bits per heavy atom. The van der Waals surface area contributed by atoms with Gasteiger partial charge in [-0.15, -0.1) is 0 Å². The van der Waals surface area contributed by atoms with E-state index in [1.54, 1.807) is 6.20 Å². The van der Waals surface area contributed by atoms with Crippen molar-refractivity contribution in [2.75, 3.05) is 13.2 Å². The molecule has 2 aromatic rings. The maximum absolute atomic E-state index is 5.62. The van der Waals surface area contributed by atoms with E-state index in [4.69, 9.17) is 4.74 Å². The topological polar surface area (TPSA) is 39.1 Å². The van der Waals surface area contributed by atoms with Crippen molar-refractivity contribution in [1.29, 1.82) is 0 Å². The zero-order valence-corrected chi connectivity index (χ0v) is 11.4. The number of hydrogen-bond donors (Lipinski definition) is 1. The summed E-state index contributed by atoms with van der Waals surface area (Å²) in [4.78, 5) is 0. The van der Waals surface area contributed by atoms with Crippen LogP contribution >= 0.6 is 0 Å². The molecule has 1 heterocycles. The molecule has 0 amide bonds. The normalized spacial score (nSPS) is 10.6. The van der Waals surface area contributed by atoms with Crippen molar-refractivity contribution in [1.82, 2.24) is 15.1 Å². The van der Waals surface area contributed by atoms with Gasteiger partial charge in [-0.2, -0.15) is 5.10 Å². The molecule has 0 saturated carbocycles. The Kier molecular flexibility index (Phi) is 5.44. The molecular formula is C15H21N3O.